The first-order valence-electron chi connectivity index (χ1n) is 16.4. The van der Waals surface area contributed by atoms with Gasteiger partial charge in [0.15, 0.2) is 5.79 Å². The van der Waals surface area contributed by atoms with Crippen LogP contribution in [0.5, 0.6) is 0 Å². The highest BCUT2D eigenvalue weighted by Crippen LogP contribution is 2.50. The van der Waals surface area contributed by atoms with Crippen LogP contribution in [0.25, 0.3) is 0 Å². The lowest BCUT2D eigenvalue weighted by atomic mass is 9.85. The first-order chi connectivity index (χ1) is 22.1. The van der Waals surface area contributed by atoms with Crippen molar-refractivity contribution in [1.82, 2.24) is 0 Å². The van der Waals surface area contributed by atoms with Crippen molar-refractivity contribution in [3.8, 4) is 0 Å². The molecule has 0 saturated carbocycles. The summed E-state index contributed by atoms with van der Waals surface area (Å²) in [4.78, 5) is 45.8. The van der Waals surface area contributed by atoms with Crippen LogP contribution in [-0.4, -0.2) is 74.0 Å². The summed E-state index contributed by atoms with van der Waals surface area (Å²) in [6.45, 7) is 9.46. The van der Waals surface area contributed by atoms with Gasteiger partial charge < -0.3 is 34.6 Å². The minimum absolute atomic E-state index is 0.163. The lowest BCUT2D eigenvalue weighted by molar-refractivity contribution is -0.308. The Balaban J connectivity index is 2.28. The monoisotopic (exact) mass is 660 g/mol. The normalized spacial score (nSPS) is 27.4. The summed E-state index contributed by atoms with van der Waals surface area (Å²) in [6, 6.07) is 0. The molecule has 0 bridgehead atoms. The summed E-state index contributed by atoms with van der Waals surface area (Å²) in [5.41, 5.74) is 0.415. The lowest BCUT2D eigenvalue weighted by Crippen LogP contribution is -2.50. The van der Waals surface area contributed by atoms with Crippen LogP contribution in [0.4, 0.5) is 0 Å². The van der Waals surface area contributed by atoms with Crippen LogP contribution in [0.15, 0.2) is 59.8 Å². The van der Waals surface area contributed by atoms with E-state index in [1.54, 1.807) is 38.2 Å². The smallest absolute Gasteiger partial charge is 0.328 e. The molecule has 262 valence electrons. The molecule has 0 amide bonds. The molecule has 0 aromatic rings. The van der Waals surface area contributed by atoms with E-state index in [2.05, 4.69) is 6.92 Å². The maximum atomic E-state index is 12.8. The number of ether oxygens (including phenoxy) is 3. The van der Waals surface area contributed by atoms with Gasteiger partial charge in [0.05, 0.1) is 25.0 Å². The number of carbonyl (C=O) groups excluding carboxylic acids is 1. The molecular formula is C36H52O11. The van der Waals surface area contributed by atoms with Gasteiger partial charge in [-0.25, -0.2) is 9.59 Å². The van der Waals surface area contributed by atoms with Crippen molar-refractivity contribution < 1.29 is 53.8 Å². The van der Waals surface area contributed by atoms with Gasteiger partial charge in [0.25, 0.3) is 0 Å². The average Bonchev–Trinajstić information content (AvgIpc) is 3.37. The number of carbonyl (C=O) groups is 4. The SMILES string of the molecule is CCCC[C@]1([C@H](C=CC(C)=CC(=O)O)OC(=O)CCC(=O)O)CC[C@]2(CC[C@H](C)[C@@H](CC=C(C)C=C[C@H](O)[C@@H](C)C=CC(=O)O)O2)O1. The Morgan fingerprint density at radius 1 is 0.936 bits per heavy atom. The van der Waals surface area contributed by atoms with Crippen LogP contribution >= 0.6 is 0 Å². The largest absolute Gasteiger partial charge is 0.481 e. The number of unbranched alkanes of at least 4 members (excludes halogenated alkanes) is 1. The van der Waals surface area contributed by atoms with Gasteiger partial charge >= 0.3 is 23.9 Å². The van der Waals surface area contributed by atoms with Crippen LogP contribution < -0.4 is 0 Å². The zero-order chi connectivity index (χ0) is 35.2. The van der Waals surface area contributed by atoms with Crippen LogP contribution in [0, 0.1) is 11.8 Å². The summed E-state index contributed by atoms with van der Waals surface area (Å²) in [5.74, 6) is -4.99. The predicted octanol–water partition coefficient (Wildman–Crippen LogP) is 6.13. The van der Waals surface area contributed by atoms with Crippen molar-refractivity contribution in [3.63, 3.8) is 0 Å². The fourth-order valence-electron chi connectivity index (χ4n) is 5.85. The molecule has 0 aliphatic carbocycles. The molecule has 2 aliphatic rings. The molecule has 1 spiro atoms. The van der Waals surface area contributed by atoms with Crippen molar-refractivity contribution in [2.24, 2.45) is 11.8 Å². The quantitative estimate of drug-likeness (QED) is 0.0755. The number of esters is 1. The molecule has 11 heteroatoms. The van der Waals surface area contributed by atoms with E-state index in [0.29, 0.717) is 37.7 Å². The van der Waals surface area contributed by atoms with Gasteiger partial charge in [-0.05, 0) is 57.1 Å². The molecule has 0 aromatic heterocycles. The zero-order valence-electron chi connectivity index (χ0n) is 28.2. The van der Waals surface area contributed by atoms with Gasteiger partial charge in [0.2, 0.25) is 0 Å². The van der Waals surface area contributed by atoms with Crippen LogP contribution in [0.2, 0.25) is 0 Å². The van der Waals surface area contributed by atoms with Crippen molar-refractivity contribution in [2.45, 2.75) is 129 Å². The number of rotatable bonds is 18. The van der Waals surface area contributed by atoms with E-state index >= 15 is 0 Å². The topological polar surface area (TPSA) is 177 Å². The number of allylic oxidation sites excluding steroid dienone is 4. The van der Waals surface area contributed by atoms with E-state index in [1.165, 1.54) is 6.08 Å². The van der Waals surface area contributed by atoms with E-state index in [-0.39, 0.29) is 30.8 Å². The summed E-state index contributed by atoms with van der Waals surface area (Å²) < 4.78 is 19.5. The van der Waals surface area contributed by atoms with Crippen molar-refractivity contribution in [2.75, 3.05) is 0 Å². The Kier molecular flexibility index (Phi) is 15.8. The van der Waals surface area contributed by atoms with Gasteiger partial charge in [0.1, 0.15) is 11.7 Å². The van der Waals surface area contributed by atoms with Gasteiger partial charge in [-0.3, -0.25) is 9.59 Å². The Bertz CT molecular complexity index is 1250. The summed E-state index contributed by atoms with van der Waals surface area (Å²) in [6.07, 6.45) is 15.0. The molecule has 0 aromatic carbocycles. The molecule has 2 rings (SSSR count). The fraction of sp³-hybridized carbons (Fsp3) is 0.611. The molecular weight excluding hydrogens is 608 g/mol. The second-order valence-corrected chi connectivity index (χ2v) is 12.8. The minimum atomic E-state index is -1.11. The highest BCUT2D eigenvalue weighted by atomic mass is 16.7. The van der Waals surface area contributed by atoms with Crippen molar-refractivity contribution >= 4 is 23.9 Å². The van der Waals surface area contributed by atoms with Gasteiger partial charge in [0, 0.05) is 30.9 Å². The second kappa shape index (κ2) is 18.7. The Morgan fingerprint density at radius 2 is 1.64 bits per heavy atom. The summed E-state index contributed by atoms with van der Waals surface area (Å²) in [5, 5.41) is 37.4. The molecule has 2 aliphatic heterocycles. The molecule has 2 fully saturated rings. The van der Waals surface area contributed by atoms with Crippen LogP contribution in [-0.2, 0) is 33.4 Å². The maximum absolute atomic E-state index is 12.8. The third-order valence-corrected chi connectivity index (χ3v) is 8.77. The van der Waals surface area contributed by atoms with Crippen molar-refractivity contribution in [3.05, 3.63) is 59.8 Å². The molecule has 0 unspecified atom stereocenters. The highest BCUT2D eigenvalue weighted by molar-refractivity contribution is 5.81. The van der Waals surface area contributed by atoms with E-state index in [1.807, 2.05) is 19.9 Å². The number of aliphatic carboxylic acids is 3. The first kappa shape index (κ1) is 39.6. The molecule has 2 saturated heterocycles. The Labute approximate surface area is 277 Å². The van der Waals surface area contributed by atoms with E-state index < -0.39 is 47.5 Å². The number of hydrogen-bond donors (Lipinski definition) is 4. The predicted molar refractivity (Wildman–Crippen MR) is 175 cm³/mol. The van der Waals surface area contributed by atoms with Gasteiger partial charge in [-0.15, -0.1) is 0 Å². The molecule has 2 heterocycles. The number of hydrogen-bond acceptors (Lipinski definition) is 8. The first-order valence-corrected chi connectivity index (χ1v) is 16.4. The third kappa shape index (κ3) is 13.2. The number of aliphatic hydroxyl groups excluding tert-OH is 1. The maximum Gasteiger partial charge on any atom is 0.328 e. The molecule has 4 N–H and O–H groups in total. The third-order valence-electron chi connectivity index (χ3n) is 8.77. The number of carboxylic acid groups (broad SMARTS) is 3. The Morgan fingerprint density at radius 3 is 2.28 bits per heavy atom. The van der Waals surface area contributed by atoms with E-state index in [9.17, 15) is 24.3 Å². The van der Waals surface area contributed by atoms with Crippen LogP contribution in [0.3, 0.4) is 0 Å². The summed E-state index contributed by atoms with van der Waals surface area (Å²) >= 11 is 0. The molecule has 7 atom stereocenters. The van der Waals surface area contributed by atoms with Crippen molar-refractivity contribution in [1.29, 1.82) is 0 Å². The second-order valence-electron chi connectivity index (χ2n) is 12.8. The van der Waals surface area contributed by atoms with E-state index in [4.69, 9.17) is 29.5 Å². The minimum Gasteiger partial charge on any atom is -0.481 e. The van der Waals surface area contributed by atoms with Gasteiger partial charge in [-0.1, -0.05) is 69.6 Å². The van der Waals surface area contributed by atoms with Crippen LogP contribution in [0.1, 0.15) is 98.8 Å². The number of carboxylic acids is 3. The van der Waals surface area contributed by atoms with Gasteiger partial charge in [-0.2, -0.15) is 0 Å². The molecule has 0 radical (unpaired) electrons. The molecule has 47 heavy (non-hydrogen) atoms. The van der Waals surface area contributed by atoms with E-state index in [0.717, 1.165) is 37.0 Å². The molecule has 11 nitrogen and oxygen atoms in total. The average molecular weight is 661 g/mol. The zero-order valence-corrected chi connectivity index (χ0v) is 28.2. The highest BCUT2D eigenvalue weighted by Gasteiger charge is 2.56. The Hall–Kier alpha value is -3.54. The fourth-order valence-corrected chi connectivity index (χ4v) is 5.85. The lowest BCUT2D eigenvalue weighted by Gasteiger charge is -2.44. The number of aliphatic hydroxyl groups is 1. The summed E-state index contributed by atoms with van der Waals surface area (Å²) in [7, 11) is 0. The standard InChI is InChI=1S/C36H52O11/c1-6-7-19-35(30(14-10-25(3)23-33(42)43)45-34(44)17-16-32(40)41)21-22-36(47-35)20-18-27(5)29(46-36)13-9-24(2)8-12-28(37)26(4)11-15-31(38)39/h8-12,14-15,23,26-30,37H,6-7,13,16-22H2,1-5H3,(H,38,39)(H,40,41)(H,42,43)/t26-,27-,28-,29+,30-,35+,36-/m0/s1.